The number of ether oxygens (including phenoxy) is 1. The van der Waals surface area contributed by atoms with Crippen LogP contribution in [0.5, 0.6) is 11.5 Å². The Morgan fingerprint density at radius 1 is 1.04 bits per heavy atom. The Kier molecular flexibility index (Phi) is 10.2. The van der Waals surface area contributed by atoms with Crippen molar-refractivity contribution in [2.75, 3.05) is 32.0 Å². The number of halogens is 2. The second-order valence-corrected chi connectivity index (χ2v) is 6.38. The first-order valence-electron chi connectivity index (χ1n) is 8.74. The third kappa shape index (κ3) is 7.39. The van der Waals surface area contributed by atoms with E-state index in [1.54, 1.807) is 0 Å². The van der Waals surface area contributed by atoms with Gasteiger partial charge in [0.25, 0.3) is 0 Å². The van der Waals surface area contributed by atoms with Gasteiger partial charge in [0.1, 0.15) is 11.5 Å². The van der Waals surface area contributed by atoms with E-state index in [1.807, 2.05) is 61.6 Å². The predicted octanol–water partition coefficient (Wildman–Crippen LogP) is 3.94. The van der Waals surface area contributed by atoms with E-state index in [-0.39, 0.29) is 30.7 Å². The van der Waals surface area contributed by atoms with E-state index in [0.29, 0.717) is 12.6 Å². The number of piperidine rings is 1. The molecule has 1 amide bonds. The first-order valence-corrected chi connectivity index (χ1v) is 8.74. The Morgan fingerprint density at radius 3 is 2.26 bits per heavy atom. The molecule has 1 fully saturated rings. The molecule has 1 heterocycles. The van der Waals surface area contributed by atoms with Gasteiger partial charge in [0, 0.05) is 11.7 Å². The van der Waals surface area contributed by atoms with Gasteiger partial charge in [0.15, 0.2) is 0 Å². The van der Waals surface area contributed by atoms with Crippen molar-refractivity contribution < 1.29 is 9.53 Å². The molecular weight excluding hydrogens is 385 g/mol. The number of hydrogen-bond donors (Lipinski definition) is 2. The fourth-order valence-corrected chi connectivity index (χ4v) is 3.03. The lowest BCUT2D eigenvalue weighted by atomic mass is 10.1. The van der Waals surface area contributed by atoms with Gasteiger partial charge in [-0.1, -0.05) is 18.2 Å². The highest BCUT2D eigenvalue weighted by Crippen LogP contribution is 2.22. The summed E-state index contributed by atoms with van der Waals surface area (Å²) in [6.07, 6.45) is 2.19. The number of anilines is 1. The second kappa shape index (κ2) is 11.8. The lowest BCUT2D eigenvalue weighted by Gasteiger charge is -2.31. The van der Waals surface area contributed by atoms with Crippen molar-refractivity contribution in [2.45, 2.75) is 18.9 Å². The second-order valence-electron chi connectivity index (χ2n) is 6.38. The van der Waals surface area contributed by atoms with E-state index in [1.165, 1.54) is 0 Å². The van der Waals surface area contributed by atoms with Gasteiger partial charge >= 0.3 is 0 Å². The number of amides is 1. The van der Waals surface area contributed by atoms with Crippen molar-refractivity contribution in [3.63, 3.8) is 0 Å². The molecule has 1 aliphatic rings. The van der Waals surface area contributed by atoms with Gasteiger partial charge in [0.2, 0.25) is 5.91 Å². The fraction of sp³-hybridized carbons (Fsp3) is 0.350. The largest absolute Gasteiger partial charge is 0.457 e. The van der Waals surface area contributed by atoms with E-state index < -0.39 is 0 Å². The average molecular weight is 412 g/mol. The van der Waals surface area contributed by atoms with Crippen molar-refractivity contribution in [1.29, 1.82) is 0 Å². The normalized spacial score (nSPS) is 14.0. The number of nitrogens with one attached hydrogen (secondary N) is 2. The van der Waals surface area contributed by atoms with Crippen molar-refractivity contribution in [2.24, 2.45) is 0 Å². The molecule has 2 aromatic carbocycles. The molecule has 0 radical (unpaired) electrons. The van der Waals surface area contributed by atoms with Gasteiger partial charge in [-0.15, -0.1) is 24.8 Å². The highest BCUT2D eigenvalue weighted by atomic mass is 35.5. The predicted molar refractivity (Wildman–Crippen MR) is 115 cm³/mol. The zero-order chi connectivity index (χ0) is 17.5. The van der Waals surface area contributed by atoms with Crippen molar-refractivity contribution in [3.8, 4) is 11.5 Å². The molecule has 0 atom stereocenters. The van der Waals surface area contributed by atoms with Crippen LogP contribution in [-0.4, -0.2) is 43.5 Å². The van der Waals surface area contributed by atoms with Crippen LogP contribution in [0.25, 0.3) is 0 Å². The van der Waals surface area contributed by atoms with Gasteiger partial charge < -0.3 is 15.4 Å². The van der Waals surface area contributed by atoms with Crippen molar-refractivity contribution >= 4 is 36.4 Å². The number of likely N-dealkylation sites (N-methyl/N-ethyl adjacent to an activating group) is 1. The lowest BCUT2D eigenvalue weighted by molar-refractivity contribution is -0.117. The smallest absolute Gasteiger partial charge is 0.238 e. The minimum absolute atomic E-state index is 0. The van der Waals surface area contributed by atoms with Gasteiger partial charge in [-0.3, -0.25) is 9.69 Å². The van der Waals surface area contributed by atoms with E-state index in [9.17, 15) is 4.79 Å². The zero-order valence-corrected chi connectivity index (χ0v) is 17.0. The highest BCUT2D eigenvalue weighted by molar-refractivity contribution is 5.92. The first-order chi connectivity index (χ1) is 12.2. The summed E-state index contributed by atoms with van der Waals surface area (Å²) in [6, 6.07) is 17.6. The van der Waals surface area contributed by atoms with Crippen LogP contribution >= 0.6 is 24.8 Å². The maximum atomic E-state index is 12.2. The van der Waals surface area contributed by atoms with E-state index in [4.69, 9.17) is 4.74 Å². The molecule has 1 saturated heterocycles. The summed E-state index contributed by atoms with van der Waals surface area (Å²) in [5.41, 5.74) is 0.782. The Bertz CT molecular complexity index is 677. The minimum Gasteiger partial charge on any atom is -0.457 e. The van der Waals surface area contributed by atoms with Crippen LogP contribution in [-0.2, 0) is 4.79 Å². The Balaban J connectivity index is 0.00000182. The molecule has 3 rings (SSSR count). The molecule has 148 valence electrons. The lowest BCUT2D eigenvalue weighted by Crippen LogP contribution is -2.44. The van der Waals surface area contributed by atoms with Crippen LogP contribution in [0.15, 0.2) is 54.6 Å². The molecule has 0 spiro atoms. The molecule has 0 aromatic heterocycles. The van der Waals surface area contributed by atoms with Crippen LogP contribution in [0.2, 0.25) is 0 Å². The molecular formula is C20H27Cl2N3O2. The van der Waals surface area contributed by atoms with Gasteiger partial charge in [-0.25, -0.2) is 0 Å². The van der Waals surface area contributed by atoms with Gasteiger partial charge in [-0.05, 0) is 69.4 Å². The zero-order valence-electron chi connectivity index (χ0n) is 15.4. The summed E-state index contributed by atoms with van der Waals surface area (Å²) in [7, 11) is 2.02. The first kappa shape index (κ1) is 23.2. The number of para-hydroxylation sites is 1. The summed E-state index contributed by atoms with van der Waals surface area (Å²) in [6.45, 7) is 2.46. The summed E-state index contributed by atoms with van der Waals surface area (Å²) < 4.78 is 5.76. The summed E-state index contributed by atoms with van der Waals surface area (Å²) in [5.74, 6) is 1.55. The average Bonchev–Trinajstić information content (AvgIpc) is 2.65. The summed E-state index contributed by atoms with van der Waals surface area (Å²) >= 11 is 0. The third-order valence-electron chi connectivity index (χ3n) is 4.44. The monoisotopic (exact) mass is 411 g/mol. The quantitative estimate of drug-likeness (QED) is 0.755. The molecule has 5 nitrogen and oxygen atoms in total. The van der Waals surface area contributed by atoms with Crippen molar-refractivity contribution in [1.82, 2.24) is 10.2 Å². The highest BCUT2D eigenvalue weighted by Gasteiger charge is 2.19. The molecule has 2 N–H and O–H groups in total. The Labute approximate surface area is 173 Å². The molecule has 2 aromatic rings. The van der Waals surface area contributed by atoms with E-state index >= 15 is 0 Å². The molecule has 1 aliphatic heterocycles. The van der Waals surface area contributed by atoms with Crippen LogP contribution in [0, 0.1) is 0 Å². The number of benzene rings is 2. The Morgan fingerprint density at radius 2 is 1.63 bits per heavy atom. The molecule has 0 unspecified atom stereocenters. The maximum absolute atomic E-state index is 12.2. The number of nitrogens with zero attached hydrogens (tertiary/aromatic N) is 1. The van der Waals surface area contributed by atoms with Crippen molar-refractivity contribution in [3.05, 3.63) is 54.6 Å². The SMILES string of the molecule is CN(CC(=O)Nc1ccc(Oc2ccccc2)cc1)C1CCNCC1.Cl.Cl. The number of hydrogen-bond acceptors (Lipinski definition) is 4. The maximum Gasteiger partial charge on any atom is 0.238 e. The summed E-state index contributed by atoms with van der Waals surface area (Å²) in [4.78, 5) is 14.4. The fourth-order valence-electron chi connectivity index (χ4n) is 3.03. The number of rotatable bonds is 6. The van der Waals surface area contributed by atoms with Crippen LogP contribution in [0.4, 0.5) is 5.69 Å². The number of carbonyl (C=O) groups is 1. The molecule has 7 heteroatoms. The third-order valence-corrected chi connectivity index (χ3v) is 4.44. The van der Waals surface area contributed by atoms with Crippen LogP contribution < -0.4 is 15.4 Å². The van der Waals surface area contributed by atoms with Crippen LogP contribution in [0.3, 0.4) is 0 Å². The molecule has 0 bridgehead atoms. The van der Waals surface area contributed by atoms with E-state index in [0.717, 1.165) is 43.1 Å². The van der Waals surface area contributed by atoms with Gasteiger partial charge in [0.05, 0.1) is 6.54 Å². The number of carbonyl (C=O) groups excluding carboxylic acids is 1. The molecule has 0 saturated carbocycles. The Hall–Kier alpha value is -1.79. The minimum atomic E-state index is 0. The molecule has 27 heavy (non-hydrogen) atoms. The topological polar surface area (TPSA) is 53.6 Å². The van der Waals surface area contributed by atoms with E-state index in [2.05, 4.69) is 15.5 Å². The summed E-state index contributed by atoms with van der Waals surface area (Å²) in [5, 5.41) is 6.30. The van der Waals surface area contributed by atoms with Gasteiger partial charge in [-0.2, -0.15) is 0 Å². The standard InChI is InChI=1S/C20H25N3O2.2ClH/c1-23(17-11-13-21-14-12-17)15-20(24)22-16-7-9-19(10-8-16)25-18-5-3-2-4-6-18;;/h2-10,17,21H,11-15H2,1H3,(H,22,24);2*1H. The van der Waals surface area contributed by atoms with Crippen LogP contribution in [0.1, 0.15) is 12.8 Å². The molecule has 0 aliphatic carbocycles.